The number of hydrogen-bond acceptors (Lipinski definition) is 5. The van der Waals surface area contributed by atoms with Crippen molar-refractivity contribution in [2.45, 2.75) is 32.0 Å². The van der Waals surface area contributed by atoms with Gasteiger partial charge in [0, 0.05) is 5.70 Å². The Kier molecular flexibility index (Phi) is 6.07. The number of para-hydroxylation sites is 2. The van der Waals surface area contributed by atoms with Crippen LogP contribution in [0.15, 0.2) is 60.8 Å². The van der Waals surface area contributed by atoms with Gasteiger partial charge in [-0.2, -0.15) is 18.2 Å². The summed E-state index contributed by atoms with van der Waals surface area (Å²) in [5.41, 5.74) is 2.30. The Morgan fingerprint density at radius 3 is 2.47 bits per heavy atom. The average molecular weight is 471 g/mol. The highest BCUT2D eigenvalue weighted by Crippen LogP contribution is 2.40. The highest BCUT2D eigenvalue weighted by atomic mass is 19.4. The molecule has 2 N–H and O–H groups in total. The SMILES string of the molecule is C=C1Nc2nc(C(F)(F)F)nn2[C@H](c2ccc(C(C)C)cc2)[C@H]1C(=O)Nc1ccccc1OC. The standard InChI is InChI=1S/C24H24F3N5O2/c1-13(2)15-9-11-16(12-10-15)20-19(21(33)29-17-7-5-6-8-18(17)34-4)14(3)28-23-30-22(24(25,26)27)31-32(20)23/h5-13,19-20H,3H2,1-2,4H3,(H,29,33)(H,28,30,31)/t19-,20+/m0/s1. The van der Waals surface area contributed by atoms with E-state index >= 15 is 0 Å². The van der Waals surface area contributed by atoms with Gasteiger partial charge in [0.15, 0.2) is 0 Å². The van der Waals surface area contributed by atoms with Crippen LogP contribution in [0, 0.1) is 5.92 Å². The molecule has 178 valence electrons. The number of benzene rings is 2. The lowest BCUT2D eigenvalue weighted by atomic mass is 9.87. The number of aromatic nitrogens is 3. The van der Waals surface area contributed by atoms with Crippen molar-refractivity contribution in [3.63, 3.8) is 0 Å². The van der Waals surface area contributed by atoms with E-state index in [1.165, 1.54) is 7.11 Å². The third-order valence-electron chi connectivity index (χ3n) is 5.70. The van der Waals surface area contributed by atoms with Crippen LogP contribution in [0.4, 0.5) is 24.8 Å². The van der Waals surface area contributed by atoms with Crippen molar-refractivity contribution in [1.82, 2.24) is 14.8 Å². The molecule has 0 bridgehead atoms. The van der Waals surface area contributed by atoms with Crippen LogP contribution in [0.25, 0.3) is 0 Å². The fourth-order valence-corrected chi connectivity index (χ4v) is 3.95. The number of methoxy groups -OCH3 is 1. The third-order valence-corrected chi connectivity index (χ3v) is 5.70. The Hall–Kier alpha value is -3.82. The van der Waals surface area contributed by atoms with Crippen LogP contribution in [0.1, 0.15) is 42.8 Å². The molecule has 10 heteroatoms. The number of anilines is 2. The number of hydrogen-bond donors (Lipinski definition) is 2. The van der Waals surface area contributed by atoms with Crippen LogP contribution in [0.2, 0.25) is 0 Å². The molecule has 2 heterocycles. The first kappa shape index (κ1) is 23.3. The number of rotatable bonds is 5. The molecule has 0 radical (unpaired) electrons. The number of nitrogens with one attached hydrogen (secondary N) is 2. The molecule has 4 rings (SSSR count). The summed E-state index contributed by atoms with van der Waals surface area (Å²) in [5, 5.41) is 9.26. The zero-order valence-electron chi connectivity index (χ0n) is 18.8. The molecule has 0 unspecified atom stereocenters. The maximum Gasteiger partial charge on any atom is 0.453 e. The Bertz CT molecular complexity index is 1220. The lowest BCUT2D eigenvalue weighted by Crippen LogP contribution is -2.39. The topological polar surface area (TPSA) is 81.1 Å². The van der Waals surface area contributed by atoms with Crippen LogP contribution in [0.3, 0.4) is 0 Å². The van der Waals surface area contributed by atoms with E-state index < -0.39 is 29.9 Å². The molecule has 0 fully saturated rings. The van der Waals surface area contributed by atoms with Crippen LogP contribution in [0.5, 0.6) is 5.75 Å². The zero-order valence-corrected chi connectivity index (χ0v) is 18.8. The summed E-state index contributed by atoms with van der Waals surface area (Å²) in [6.45, 7) is 8.00. The number of nitrogens with zero attached hydrogens (tertiary/aromatic N) is 3. The van der Waals surface area contributed by atoms with Gasteiger partial charge >= 0.3 is 6.18 Å². The maximum absolute atomic E-state index is 13.5. The summed E-state index contributed by atoms with van der Waals surface area (Å²) in [4.78, 5) is 17.1. The molecular weight excluding hydrogens is 447 g/mol. The van der Waals surface area contributed by atoms with E-state index in [0.717, 1.165) is 10.2 Å². The number of carbonyl (C=O) groups excluding carboxylic acids is 1. The Labute approximate surface area is 194 Å². The third kappa shape index (κ3) is 4.35. The van der Waals surface area contributed by atoms with Gasteiger partial charge in [0.1, 0.15) is 11.7 Å². The van der Waals surface area contributed by atoms with Gasteiger partial charge in [0.2, 0.25) is 11.9 Å². The summed E-state index contributed by atoms with van der Waals surface area (Å²) in [7, 11) is 1.48. The minimum Gasteiger partial charge on any atom is -0.495 e. The van der Waals surface area contributed by atoms with E-state index in [4.69, 9.17) is 4.74 Å². The lowest BCUT2D eigenvalue weighted by molar-refractivity contribution is -0.145. The molecule has 1 aromatic heterocycles. The molecule has 0 aliphatic carbocycles. The predicted molar refractivity (Wildman–Crippen MR) is 122 cm³/mol. The summed E-state index contributed by atoms with van der Waals surface area (Å²) >= 11 is 0. The second-order valence-electron chi connectivity index (χ2n) is 8.28. The summed E-state index contributed by atoms with van der Waals surface area (Å²) in [6, 6.07) is 13.3. The van der Waals surface area contributed by atoms with E-state index in [1.807, 2.05) is 26.0 Å². The largest absolute Gasteiger partial charge is 0.495 e. The van der Waals surface area contributed by atoms with Crippen LogP contribution < -0.4 is 15.4 Å². The van der Waals surface area contributed by atoms with Crippen molar-refractivity contribution in [3.05, 3.63) is 77.8 Å². The van der Waals surface area contributed by atoms with Crippen molar-refractivity contribution in [3.8, 4) is 5.75 Å². The number of halogens is 3. The highest BCUT2D eigenvalue weighted by molar-refractivity contribution is 5.97. The summed E-state index contributed by atoms with van der Waals surface area (Å²) < 4.78 is 46.6. The van der Waals surface area contributed by atoms with Gasteiger partial charge in [0.25, 0.3) is 5.82 Å². The average Bonchev–Trinajstić information content (AvgIpc) is 3.22. The Balaban J connectivity index is 1.79. The molecule has 7 nitrogen and oxygen atoms in total. The highest BCUT2D eigenvalue weighted by Gasteiger charge is 2.44. The molecule has 0 spiro atoms. The van der Waals surface area contributed by atoms with E-state index in [-0.39, 0.29) is 17.6 Å². The van der Waals surface area contributed by atoms with Crippen molar-refractivity contribution in [2.24, 2.45) is 5.92 Å². The number of carbonyl (C=O) groups is 1. The van der Waals surface area contributed by atoms with E-state index in [2.05, 4.69) is 27.3 Å². The number of amides is 1. The molecule has 0 saturated carbocycles. The van der Waals surface area contributed by atoms with Gasteiger partial charge in [0.05, 0.1) is 18.8 Å². The fraction of sp³-hybridized carbons (Fsp3) is 0.292. The molecule has 1 aliphatic heterocycles. The van der Waals surface area contributed by atoms with Gasteiger partial charge in [-0.05, 0) is 29.2 Å². The normalized spacial score (nSPS) is 17.8. The van der Waals surface area contributed by atoms with Crippen LogP contribution >= 0.6 is 0 Å². The zero-order chi connectivity index (χ0) is 24.6. The van der Waals surface area contributed by atoms with Crippen molar-refractivity contribution in [2.75, 3.05) is 17.7 Å². The molecule has 2 atom stereocenters. The van der Waals surface area contributed by atoms with Gasteiger partial charge in [-0.1, -0.05) is 56.8 Å². The molecule has 0 saturated heterocycles. The fourth-order valence-electron chi connectivity index (χ4n) is 3.95. The second kappa shape index (κ2) is 8.85. The minimum absolute atomic E-state index is 0.128. The van der Waals surface area contributed by atoms with Crippen molar-refractivity contribution in [1.29, 1.82) is 0 Å². The molecule has 2 aromatic carbocycles. The molecule has 34 heavy (non-hydrogen) atoms. The van der Waals surface area contributed by atoms with Gasteiger partial charge in [-0.15, -0.1) is 5.10 Å². The summed E-state index contributed by atoms with van der Waals surface area (Å²) in [6.07, 6.45) is -4.74. The van der Waals surface area contributed by atoms with E-state index in [1.54, 1.807) is 36.4 Å². The Morgan fingerprint density at radius 1 is 1.18 bits per heavy atom. The van der Waals surface area contributed by atoms with Gasteiger partial charge < -0.3 is 15.4 Å². The first-order valence-corrected chi connectivity index (χ1v) is 10.6. The molecule has 3 aromatic rings. The van der Waals surface area contributed by atoms with Gasteiger partial charge in [-0.3, -0.25) is 4.79 Å². The maximum atomic E-state index is 13.5. The van der Waals surface area contributed by atoms with Crippen LogP contribution in [-0.4, -0.2) is 27.8 Å². The quantitative estimate of drug-likeness (QED) is 0.534. The van der Waals surface area contributed by atoms with Crippen molar-refractivity contribution < 1.29 is 22.7 Å². The second-order valence-corrected chi connectivity index (χ2v) is 8.28. The molecule has 1 amide bonds. The van der Waals surface area contributed by atoms with E-state index in [9.17, 15) is 18.0 Å². The minimum atomic E-state index is -4.74. The molecule has 1 aliphatic rings. The van der Waals surface area contributed by atoms with Crippen molar-refractivity contribution >= 4 is 17.5 Å². The van der Waals surface area contributed by atoms with Crippen LogP contribution in [-0.2, 0) is 11.0 Å². The van der Waals surface area contributed by atoms with Gasteiger partial charge in [-0.25, -0.2) is 4.68 Å². The first-order valence-electron chi connectivity index (χ1n) is 10.6. The predicted octanol–water partition coefficient (Wildman–Crippen LogP) is 5.21. The smallest absolute Gasteiger partial charge is 0.453 e. The first-order chi connectivity index (χ1) is 16.1. The number of fused-ring (bicyclic) bond motifs is 1. The molecular formula is C24H24F3N5O2. The Morgan fingerprint density at radius 2 is 1.85 bits per heavy atom. The number of ether oxygens (including phenoxy) is 1. The number of alkyl halides is 3. The summed E-state index contributed by atoms with van der Waals surface area (Å²) in [5.74, 6) is -2.17. The monoisotopic (exact) mass is 471 g/mol. The van der Waals surface area contributed by atoms with E-state index in [0.29, 0.717) is 17.0 Å². The lowest BCUT2D eigenvalue weighted by Gasteiger charge is -2.34.